The molecular formula is C12H19N3O. The van der Waals surface area contributed by atoms with Gasteiger partial charge >= 0.3 is 0 Å². The topological polar surface area (TPSA) is 38.2 Å². The van der Waals surface area contributed by atoms with Gasteiger partial charge in [-0.25, -0.2) is 4.98 Å². The Morgan fingerprint density at radius 3 is 2.62 bits per heavy atom. The Bertz CT molecular complexity index is 367. The Balaban J connectivity index is 1.86. The molecular weight excluding hydrogens is 202 g/mol. The number of nitrogens with zero attached hydrogens (tertiary/aromatic N) is 3. The molecule has 0 N–H and O–H groups in total. The van der Waals surface area contributed by atoms with Crippen molar-refractivity contribution in [2.75, 3.05) is 13.1 Å². The molecule has 1 aliphatic heterocycles. The van der Waals surface area contributed by atoms with Crippen LogP contribution in [0.25, 0.3) is 0 Å². The van der Waals surface area contributed by atoms with Gasteiger partial charge in [0.1, 0.15) is 11.9 Å². The number of aromatic nitrogens is 2. The first-order valence-corrected chi connectivity index (χ1v) is 5.66. The molecule has 1 fully saturated rings. The lowest BCUT2D eigenvalue weighted by Crippen LogP contribution is -2.60. The van der Waals surface area contributed by atoms with Crippen LogP contribution in [0.3, 0.4) is 0 Å². The summed E-state index contributed by atoms with van der Waals surface area (Å²) >= 11 is 0. The van der Waals surface area contributed by atoms with Crippen molar-refractivity contribution in [3.05, 3.63) is 18.1 Å². The third-order valence-electron chi connectivity index (χ3n) is 2.83. The Morgan fingerprint density at radius 1 is 1.38 bits per heavy atom. The average molecular weight is 221 g/mol. The summed E-state index contributed by atoms with van der Waals surface area (Å²) in [6, 6.07) is 1.81. The van der Waals surface area contributed by atoms with Gasteiger partial charge in [0.2, 0.25) is 5.88 Å². The molecule has 0 saturated carbocycles. The highest BCUT2D eigenvalue weighted by molar-refractivity contribution is 5.09. The molecule has 16 heavy (non-hydrogen) atoms. The van der Waals surface area contributed by atoms with Crippen LogP contribution in [-0.4, -0.2) is 39.6 Å². The van der Waals surface area contributed by atoms with E-state index in [1.54, 1.807) is 6.20 Å². The summed E-state index contributed by atoms with van der Waals surface area (Å²) in [5, 5.41) is 0. The predicted octanol–water partition coefficient (Wildman–Crippen LogP) is 1.65. The minimum Gasteiger partial charge on any atom is -0.472 e. The zero-order valence-electron chi connectivity index (χ0n) is 10.4. The summed E-state index contributed by atoms with van der Waals surface area (Å²) in [6.07, 6.45) is 2.01. The third kappa shape index (κ3) is 2.50. The maximum absolute atomic E-state index is 5.76. The predicted molar refractivity (Wildman–Crippen MR) is 62.5 cm³/mol. The minimum atomic E-state index is 0.238. The van der Waals surface area contributed by atoms with E-state index in [2.05, 4.69) is 35.6 Å². The molecule has 88 valence electrons. The maximum Gasteiger partial charge on any atom is 0.216 e. The second kappa shape index (κ2) is 4.01. The van der Waals surface area contributed by atoms with E-state index in [9.17, 15) is 0 Å². The molecule has 4 heteroatoms. The van der Waals surface area contributed by atoms with E-state index < -0.39 is 0 Å². The van der Waals surface area contributed by atoms with Crippen LogP contribution in [0.4, 0.5) is 0 Å². The number of aryl methyl sites for hydroxylation is 1. The van der Waals surface area contributed by atoms with Gasteiger partial charge in [-0.05, 0) is 27.7 Å². The molecule has 0 unspecified atom stereocenters. The molecule has 0 aliphatic carbocycles. The summed E-state index contributed by atoms with van der Waals surface area (Å²) < 4.78 is 5.76. The fourth-order valence-electron chi connectivity index (χ4n) is 1.73. The number of rotatable bonds is 2. The Labute approximate surface area is 96.7 Å². The second-order valence-electron chi connectivity index (χ2n) is 5.26. The van der Waals surface area contributed by atoms with Gasteiger partial charge in [-0.3, -0.25) is 4.90 Å². The van der Waals surface area contributed by atoms with Crippen LogP contribution in [0.15, 0.2) is 12.3 Å². The molecule has 0 aromatic carbocycles. The third-order valence-corrected chi connectivity index (χ3v) is 2.83. The molecule has 2 heterocycles. The molecule has 4 nitrogen and oxygen atoms in total. The molecule has 1 saturated heterocycles. The fraction of sp³-hybridized carbons (Fsp3) is 0.667. The zero-order valence-corrected chi connectivity index (χ0v) is 10.4. The SMILES string of the molecule is Cc1nccc(OC2CN(C(C)(C)C)C2)n1. The molecule has 0 amide bonds. The van der Waals surface area contributed by atoms with Crippen molar-refractivity contribution in [3.8, 4) is 5.88 Å². The minimum absolute atomic E-state index is 0.238. The summed E-state index contributed by atoms with van der Waals surface area (Å²) in [6.45, 7) is 10.5. The van der Waals surface area contributed by atoms with Crippen LogP contribution in [0, 0.1) is 6.92 Å². The number of hydrogen-bond acceptors (Lipinski definition) is 4. The van der Waals surface area contributed by atoms with Crippen LogP contribution >= 0.6 is 0 Å². The standard InChI is InChI=1S/C12H19N3O/c1-9-13-6-5-11(14-9)16-10-7-15(8-10)12(2,3)4/h5-6,10H,7-8H2,1-4H3. The van der Waals surface area contributed by atoms with Crippen molar-refractivity contribution in [3.63, 3.8) is 0 Å². The molecule has 1 aliphatic rings. The van der Waals surface area contributed by atoms with Crippen molar-refractivity contribution in [1.29, 1.82) is 0 Å². The van der Waals surface area contributed by atoms with E-state index in [0.29, 0.717) is 5.88 Å². The fourth-order valence-corrected chi connectivity index (χ4v) is 1.73. The van der Waals surface area contributed by atoms with Crippen LogP contribution in [0.1, 0.15) is 26.6 Å². The second-order valence-corrected chi connectivity index (χ2v) is 5.26. The lowest BCUT2D eigenvalue weighted by molar-refractivity contribution is -0.0369. The summed E-state index contributed by atoms with van der Waals surface area (Å²) in [7, 11) is 0. The lowest BCUT2D eigenvalue weighted by Gasteiger charge is -2.46. The molecule has 1 aromatic heterocycles. The van der Waals surface area contributed by atoms with Crippen LogP contribution in [0.2, 0.25) is 0 Å². The normalized spacial score (nSPS) is 18.2. The van der Waals surface area contributed by atoms with Crippen molar-refractivity contribution in [2.24, 2.45) is 0 Å². The highest BCUT2D eigenvalue weighted by atomic mass is 16.5. The van der Waals surface area contributed by atoms with E-state index >= 15 is 0 Å². The van der Waals surface area contributed by atoms with Gasteiger partial charge < -0.3 is 4.74 Å². The van der Waals surface area contributed by atoms with Crippen molar-refractivity contribution in [2.45, 2.75) is 39.3 Å². The Kier molecular flexibility index (Phi) is 2.84. The largest absolute Gasteiger partial charge is 0.472 e. The van der Waals surface area contributed by atoms with Crippen molar-refractivity contribution >= 4 is 0 Å². The van der Waals surface area contributed by atoms with Crippen molar-refractivity contribution < 1.29 is 4.74 Å². The van der Waals surface area contributed by atoms with Crippen LogP contribution in [-0.2, 0) is 0 Å². The Hall–Kier alpha value is -1.16. The van der Waals surface area contributed by atoms with Gasteiger partial charge in [0.05, 0.1) is 0 Å². The number of likely N-dealkylation sites (tertiary alicyclic amines) is 1. The monoisotopic (exact) mass is 221 g/mol. The average Bonchev–Trinajstić information content (AvgIpc) is 2.08. The van der Waals surface area contributed by atoms with Gasteiger partial charge in [0.15, 0.2) is 0 Å². The Morgan fingerprint density at radius 2 is 2.06 bits per heavy atom. The zero-order chi connectivity index (χ0) is 11.8. The quantitative estimate of drug-likeness (QED) is 0.761. The van der Waals surface area contributed by atoms with Crippen LogP contribution in [0.5, 0.6) is 5.88 Å². The lowest BCUT2D eigenvalue weighted by atomic mass is 9.99. The summed E-state index contributed by atoms with van der Waals surface area (Å²) in [5.41, 5.74) is 0.238. The molecule has 2 rings (SSSR count). The molecule has 0 spiro atoms. The van der Waals surface area contributed by atoms with E-state index in [0.717, 1.165) is 18.9 Å². The maximum atomic E-state index is 5.76. The van der Waals surface area contributed by atoms with E-state index in [1.807, 2.05) is 13.0 Å². The molecule has 0 radical (unpaired) electrons. The highest BCUT2D eigenvalue weighted by Crippen LogP contribution is 2.23. The molecule has 1 aromatic rings. The summed E-state index contributed by atoms with van der Waals surface area (Å²) in [5.74, 6) is 1.44. The van der Waals surface area contributed by atoms with Crippen LogP contribution < -0.4 is 4.74 Å². The van der Waals surface area contributed by atoms with E-state index in [1.165, 1.54) is 0 Å². The van der Waals surface area contributed by atoms with Gasteiger partial charge in [-0.15, -0.1) is 0 Å². The molecule has 0 atom stereocenters. The van der Waals surface area contributed by atoms with E-state index in [-0.39, 0.29) is 11.6 Å². The first-order valence-electron chi connectivity index (χ1n) is 5.66. The van der Waals surface area contributed by atoms with Gasteiger partial charge in [-0.1, -0.05) is 0 Å². The van der Waals surface area contributed by atoms with Gasteiger partial charge in [0.25, 0.3) is 0 Å². The first kappa shape index (κ1) is 11.3. The van der Waals surface area contributed by atoms with E-state index in [4.69, 9.17) is 4.74 Å². The number of ether oxygens (including phenoxy) is 1. The summed E-state index contributed by atoms with van der Waals surface area (Å²) in [4.78, 5) is 10.7. The van der Waals surface area contributed by atoms with Gasteiger partial charge in [0, 0.05) is 30.9 Å². The highest BCUT2D eigenvalue weighted by Gasteiger charge is 2.35. The van der Waals surface area contributed by atoms with Crippen molar-refractivity contribution in [1.82, 2.24) is 14.9 Å². The first-order chi connectivity index (χ1) is 7.45. The number of hydrogen-bond donors (Lipinski definition) is 0. The smallest absolute Gasteiger partial charge is 0.216 e. The molecule has 0 bridgehead atoms. The van der Waals surface area contributed by atoms with Gasteiger partial charge in [-0.2, -0.15) is 4.98 Å².